The first-order chi connectivity index (χ1) is 8.75. The molecule has 1 aliphatic heterocycles. The Kier molecular flexibility index (Phi) is 3.07. The molecule has 0 aromatic heterocycles. The van der Waals surface area contributed by atoms with Crippen molar-refractivity contribution in [3.05, 3.63) is 29.3 Å². The van der Waals surface area contributed by atoms with E-state index in [1.165, 1.54) is 39.3 Å². The van der Waals surface area contributed by atoms with Crippen molar-refractivity contribution < 1.29 is 18.0 Å². The van der Waals surface area contributed by atoms with Crippen molar-refractivity contribution >= 4 is 27.7 Å². The molecule has 0 saturated heterocycles. The quantitative estimate of drug-likeness (QED) is 0.799. The molecule has 102 valence electrons. The number of hydrogen-bond acceptors (Lipinski definition) is 4. The first-order valence-electron chi connectivity index (χ1n) is 5.41. The normalized spacial score (nSPS) is 15.1. The summed E-state index contributed by atoms with van der Waals surface area (Å²) in [5, 5.41) is 0. The highest BCUT2D eigenvalue weighted by atomic mass is 32.2. The number of rotatable bonds is 3. The maximum Gasteiger partial charge on any atom is 0.301 e. The van der Waals surface area contributed by atoms with E-state index in [1.54, 1.807) is 0 Å². The van der Waals surface area contributed by atoms with Gasteiger partial charge in [0.1, 0.15) is 0 Å². The molecular weight excluding hydrogens is 270 g/mol. The lowest BCUT2D eigenvalue weighted by molar-refractivity contribution is 0.0693. The zero-order valence-corrected chi connectivity index (χ0v) is 11.5. The smallest absolute Gasteiger partial charge is 0.277 e. The molecule has 0 saturated carbocycles. The van der Waals surface area contributed by atoms with Gasteiger partial charge in [0.15, 0.2) is 0 Å². The highest BCUT2D eigenvalue weighted by Crippen LogP contribution is 2.29. The van der Waals surface area contributed by atoms with Crippen molar-refractivity contribution in [2.24, 2.45) is 0 Å². The zero-order chi connectivity index (χ0) is 14.4. The van der Waals surface area contributed by atoms with E-state index in [2.05, 4.69) is 4.72 Å². The van der Waals surface area contributed by atoms with Crippen LogP contribution in [0.5, 0.6) is 0 Å². The summed E-state index contributed by atoms with van der Waals surface area (Å²) in [6.45, 7) is 0. The number of amides is 2. The van der Waals surface area contributed by atoms with Gasteiger partial charge in [-0.25, -0.2) is 0 Å². The molecule has 1 aromatic rings. The number of benzene rings is 1. The number of anilines is 1. The molecule has 1 aromatic carbocycles. The molecule has 0 atom stereocenters. The van der Waals surface area contributed by atoms with Gasteiger partial charge < -0.3 is 0 Å². The summed E-state index contributed by atoms with van der Waals surface area (Å²) in [6, 6.07) is 4.47. The second-order valence-electron chi connectivity index (χ2n) is 4.29. The van der Waals surface area contributed by atoms with Crippen LogP contribution in [0.1, 0.15) is 20.7 Å². The molecule has 2 rings (SSSR count). The Morgan fingerprint density at radius 3 is 2.37 bits per heavy atom. The molecule has 0 unspecified atom stereocenters. The van der Waals surface area contributed by atoms with Crippen LogP contribution in [0.15, 0.2) is 18.2 Å². The topological polar surface area (TPSA) is 86.8 Å². The zero-order valence-electron chi connectivity index (χ0n) is 10.7. The van der Waals surface area contributed by atoms with E-state index in [9.17, 15) is 18.0 Å². The van der Waals surface area contributed by atoms with E-state index in [4.69, 9.17) is 0 Å². The number of imide groups is 1. The lowest BCUT2D eigenvalue weighted by atomic mass is 10.1. The second-order valence-corrected chi connectivity index (χ2v) is 6.17. The van der Waals surface area contributed by atoms with Crippen LogP contribution in [0.3, 0.4) is 0 Å². The van der Waals surface area contributed by atoms with Crippen molar-refractivity contribution in [2.75, 3.05) is 25.9 Å². The molecule has 1 heterocycles. The maximum absolute atomic E-state index is 11.9. The van der Waals surface area contributed by atoms with Crippen LogP contribution in [0.4, 0.5) is 5.69 Å². The molecule has 1 aliphatic rings. The van der Waals surface area contributed by atoms with Gasteiger partial charge in [0, 0.05) is 21.1 Å². The van der Waals surface area contributed by atoms with Crippen molar-refractivity contribution in [2.45, 2.75) is 0 Å². The van der Waals surface area contributed by atoms with Gasteiger partial charge in [-0.05, 0) is 12.1 Å². The maximum atomic E-state index is 11.9. The molecule has 2 amide bonds. The number of hydrogen-bond donors (Lipinski definition) is 1. The lowest BCUT2D eigenvalue weighted by Gasteiger charge is -2.14. The average Bonchev–Trinajstić information content (AvgIpc) is 2.55. The highest BCUT2D eigenvalue weighted by molar-refractivity contribution is 7.90. The van der Waals surface area contributed by atoms with Crippen LogP contribution < -0.4 is 4.72 Å². The fourth-order valence-corrected chi connectivity index (χ4v) is 2.35. The van der Waals surface area contributed by atoms with Crippen LogP contribution in [0.2, 0.25) is 0 Å². The predicted molar refractivity (Wildman–Crippen MR) is 69.1 cm³/mol. The van der Waals surface area contributed by atoms with Gasteiger partial charge in [-0.3, -0.25) is 19.2 Å². The minimum Gasteiger partial charge on any atom is -0.277 e. The van der Waals surface area contributed by atoms with E-state index in [0.29, 0.717) is 0 Å². The van der Waals surface area contributed by atoms with Crippen LogP contribution in [0.25, 0.3) is 0 Å². The van der Waals surface area contributed by atoms with Crippen LogP contribution >= 0.6 is 0 Å². The summed E-state index contributed by atoms with van der Waals surface area (Å²) in [4.78, 5) is 24.7. The fourth-order valence-electron chi connectivity index (χ4n) is 1.72. The molecule has 0 radical (unpaired) electrons. The van der Waals surface area contributed by atoms with Gasteiger partial charge in [-0.2, -0.15) is 12.7 Å². The first kappa shape index (κ1) is 13.5. The van der Waals surface area contributed by atoms with E-state index in [-0.39, 0.29) is 16.8 Å². The summed E-state index contributed by atoms with van der Waals surface area (Å²) in [5.41, 5.74) is 0.390. The van der Waals surface area contributed by atoms with E-state index >= 15 is 0 Å². The minimum absolute atomic E-state index is 0.0837. The Bertz CT molecular complexity index is 667. The molecule has 8 heteroatoms. The van der Waals surface area contributed by atoms with Crippen molar-refractivity contribution in [1.82, 2.24) is 9.21 Å². The third-order valence-electron chi connectivity index (χ3n) is 2.84. The molecule has 1 N–H and O–H groups in total. The number of fused-ring (bicyclic) bond motifs is 1. The summed E-state index contributed by atoms with van der Waals surface area (Å²) >= 11 is 0. The van der Waals surface area contributed by atoms with Gasteiger partial charge in [-0.15, -0.1) is 0 Å². The van der Waals surface area contributed by atoms with Crippen molar-refractivity contribution in [1.29, 1.82) is 0 Å². The average molecular weight is 283 g/mol. The number of carbonyl (C=O) groups is 2. The monoisotopic (exact) mass is 283 g/mol. The number of nitrogens with one attached hydrogen (secondary N) is 1. The third kappa shape index (κ3) is 2.08. The summed E-state index contributed by atoms with van der Waals surface area (Å²) in [5.74, 6) is -0.956. The molecular formula is C11H13N3O4S. The van der Waals surface area contributed by atoms with Crippen molar-refractivity contribution in [3.8, 4) is 0 Å². The number of carbonyl (C=O) groups excluding carboxylic acids is 2. The molecule has 7 nitrogen and oxygen atoms in total. The van der Waals surface area contributed by atoms with Crippen LogP contribution in [-0.4, -0.2) is 50.6 Å². The molecule has 0 fully saturated rings. The largest absolute Gasteiger partial charge is 0.301 e. The molecule has 19 heavy (non-hydrogen) atoms. The van der Waals surface area contributed by atoms with Gasteiger partial charge >= 0.3 is 10.2 Å². The Morgan fingerprint density at radius 2 is 1.79 bits per heavy atom. The van der Waals surface area contributed by atoms with Gasteiger partial charge in [-0.1, -0.05) is 6.07 Å². The van der Waals surface area contributed by atoms with Crippen LogP contribution in [-0.2, 0) is 10.2 Å². The summed E-state index contributed by atoms with van der Waals surface area (Å²) in [6.07, 6.45) is 0. The van der Waals surface area contributed by atoms with E-state index < -0.39 is 22.0 Å². The summed E-state index contributed by atoms with van der Waals surface area (Å²) in [7, 11) is 0.357. The Morgan fingerprint density at radius 1 is 1.16 bits per heavy atom. The summed E-state index contributed by atoms with van der Waals surface area (Å²) < 4.78 is 26.8. The molecule has 0 bridgehead atoms. The molecule has 0 aliphatic carbocycles. The predicted octanol–water partition coefficient (Wildman–Crippen LogP) is 0.131. The minimum atomic E-state index is -3.73. The van der Waals surface area contributed by atoms with Gasteiger partial charge in [0.25, 0.3) is 11.8 Å². The Balaban J connectivity index is 2.53. The van der Waals surface area contributed by atoms with Crippen LogP contribution in [0, 0.1) is 0 Å². The SMILES string of the molecule is CN1C(=O)c2cccc(NS(=O)(=O)N(C)C)c2C1=O. The number of nitrogens with zero attached hydrogens (tertiary/aromatic N) is 2. The van der Waals surface area contributed by atoms with E-state index in [0.717, 1.165) is 9.21 Å². The highest BCUT2D eigenvalue weighted by Gasteiger charge is 2.35. The Labute approximate surface area is 111 Å². The van der Waals surface area contributed by atoms with Gasteiger partial charge in [0.05, 0.1) is 16.8 Å². The standard InChI is InChI=1S/C11H13N3O4S/c1-13(2)19(17,18)12-8-6-4-5-7-9(8)11(16)14(3)10(7)15/h4-6,12H,1-3H3. The second kappa shape index (κ2) is 4.32. The fraction of sp³-hybridized carbons (Fsp3) is 0.273. The lowest BCUT2D eigenvalue weighted by Crippen LogP contribution is -2.30. The van der Waals surface area contributed by atoms with E-state index in [1.807, 2.05) is 0 Å². The molecule has 0 spiro atoms. The van der Waals surface area contributed by atoms with Gasteiger partial charge in [0.2, 0.25) is 0 Å². The Hall–Kier alpha value is -1.93. The van der Waals surface area contributed by atoms with Crippen molar-refractivity contribution in [3.63, 3.8) is 0 Å². The third-order valence-corrected chi connectivity index (χ3v) is 4.28. The first-order valence-corrected chi connectivity index (χ1v) is 6.85.